The molecule has 3 rings (SSSR count). The van der Waals surface area contributed by atoms with Gasteiger partial charge in [-0.1, -0.05) is 12.1 Å². The summed E-state index contributed by atoms with van der Waals surface area (Å²) in [5.74, 6) is 2.36. The third kappa shape index (κ3) is 5.77. The third-order valence-electron chi connectivity index (χ3n) is 4.53. The summed E-state index contributed by atoms with van der Waals surface area (Å²) in [6, 6.07) is 8.22. The lowest BCUT2D eigenvalue weighted by atomic mass is 10.2. The molecular weight excluding hydrogens is 447 g/mol. The van der Waals surface area contributed by atoms with Crippen LogP contribution in [0.5, 0.6) is 0 Å². The van der Waals surface area contributed by atoms with Crippen molar-refractivity contribution in [3.8, 4) is 0 Å². The number of anilines is 1. The molecule has 0 saturated carbocycles. The average molecular weight is 474 g/mol. The molecule has 2 fully saturated rings. The van der Waals surface area contributed by atoms with Crippen LogP contribution in [0.2, 0.25) is 0 Å². The lowest BCUT2D eigenvalue weighted by molar-refractivity contribution is -0.117. The number of nitrogens with zero attached hydrogens (tertiary/aromatic N) is 2. The van der Waals surface area contributed by atoms with Gasteiger partial charge in [0, 0.05) is 44.0 Å². The van der Waals surface area contributed by atoms with E-state index in [2.05, 4.69) is 27.8 Å². The molecule has 25 heavy (non-hydrogen) atoms. The van der Waals surface area contributed by atoms with Crippen LogP contribution in [-0.2, 0) is 11.3 Å². The third-order valence-corrected chi connectivity index (χ3v) is 5.92. The topological polar surface area (TPSA) is 56.7 Å². The molecule has 138 valence electrons. The molecule has 7 heteroatoms. The molecule has 2 heterocycles. The molecule has 5 nitrogen and oxygen atoms in total. The zero-order valence-corrected chi connectivity index (χ0v) is 17.8. The van der Waals surface area contributed by atoms with Crippen molar-refractivity contribution in [3.63, 3.8) is 0 Å². The summed E-state index contributed by atoms with van der Waals surface area (Å²) < 4.78 is 0. The zero-order chi connectivity index (χ0) is 16.8. The second-order valence-electron chi connectivity index (χ2n) is 6.26. The van der Waals surface area contributed by atoms with Crippen molar-refractivity contribution in [2.75, 3.05) is 30.8 Å². The van der Waals surface area contributed by atoms with Crippen molar-refractivity contribution in [2.45, 2.75) is 37.5 Å². The van der Waals surface area contributed by atoms with E-state index in [1.165, 1.54) is 24.2 Å². The van der Waals surface area contributed by atoms with Gasteiger partial charge in [-0.3, -0.25) is 9.79 Å². The number of carbonyl (C=O) groups excluding carboxylic acids is 1. The Kier molecular flexibility index (Phi) is 8.35. The number of rotatable bonds is 5. The summed E-state index contributed by atoms with van der Waals surface area (Å²) in [6.45, 7) is 2.54. The minimum atomic E-state index is 0. The van der Waals surface area contributed by atoms with E-state index >= 15 is 0 Å². The van der Waals surface area contributed by atoms with E-state index < -0.39 is 0 Å². The number of hydrogen-bond donors (Lipinski definition) is 2. The normalized spacial score (nSPS) is 20.5. The predicted molar refractivity (Wildman–Crippen MR) is 117 cm³/mol. The van der Waals surface area contributed by atoms with Gasteiger partial charge < -0.3 is 15.5 Å². The maximum Gasteiger partial charge on any atom is 0.227 e. The molecule has 1 unspecified atom stereocenters. The van der Waals surface area contributed by atoms with E-state index in [9.17, 15) is 4.79 Å². The van der Waals surface area contributed by atoms with Gasteiger partial charge in [-0.15, -0.1) is 24.0 Å². The summed E-state index contributed by atoms with van der Waals surface area (Å²) in [7, 11) is 1.80. The van der Waals surface area contributed by atoms with Gasteiger partial charge >= 0.3 is 0 Å². The Hall–Kier alpha value is -0.960. The zero-order valence-electron chi connectivity index (χ0n) is 14.7. The summed E-state index contributed by atoms with van der Waals surface area (Å²) >= 11 is 2.05. The average Bonchev–Trinajstić information content (AvgIpc) is 3.27. The smallest absolute Gasteiger partial charge is 0.227 e. The van der Waals surface area contributed by atoms with Gasteiger partial charge in [0.25, 0.3) is 0 Å². The molecule has 2 N–H and O–H groups in total. The highest BCUT2D eigenvalue weighted by Crippen LogP contribution is 2.25. The van der Waals surface area contributed by atoms with Crippen LogP contribution >= 0.6 is 35.7 Å². The minimum Gasteiger partial charge on any atom is -0.355 e. The van der Waals surface area contributed by atoms with E-state index in [0.717, 1.165) is 37.7 Å². The Bertz CT molecular complexity index is 587. The van der Waals surface area contributed by atoms with Crippen LogP contribution in [0.4, 0.5) is 5.69 Å². The van der Waals surface area contributed by atoms with Crippen molar-refractivity contribution >= 4 is 53.3 Å². The summed E-state index contributed by atoms with van der Waals surface area (Å²) in [5.41, 5.74) is 2.19. The molecule has 1 aromatic rings. The molecular formula is C18H27IN4OS. The maximum atomic E-state index is 11.8. The molecule has 0 aromatic heterocycles. The number of hydrogen-bond acceptors (Lipinski definition) is 3. The molecule has 0 bridgehead atoms. The standard InChI is InChI=1S/C18H26N4OS.HI/c1-19-18(21-13-16-4-3-11-24-16)20-12-14-6-8-15(9-7-14)22-10-2-5-17(22)23;/h6-9,16H,2-5,10-13H2,1H3,(H2,19,20,21);1H. The first kappa shape index (κ1) is 20.4. The van der Waals surface area contributed by atoms with Crippen LogP contribution in [-0.4, -0.2) is 43.0 Å². The van der Waals surface area contributed by atoms with E-state index in [0.29, 0.717) is 11.7 Å². The minimum absolute atomic E-state index is 0. The molecule has 0 aliphatic carbocycles. The van der Waals surface area contributed by atoms with Crippen LogP contribution in [0.3, 0.4) is 0 Å². The Labute approximate surface area is 171 Å². The van der Waals surface area contributed by atoms with Crippen LogP contribution in [0.25, 0.3) is 0 Å². The molecule has 2 saturated heterocycles. The van der Waals surface area contributed by atoms with Crippen molar-refractivity contribution in [1.29, 1.82) is 0 Å². The Morgan fingerprint density at radius 1 is 1.28 bits per heavy atom. The van der Waals surface area contributed by atoms with E-state index in [-0.39, 0.29) is 29.9 Å². The first-order valence-electron chi connectivity index (χ1n) is 8.71. The van der Waals surface area contributed by atoms with E-state index in [1.54, 1.807) is 7.05 Å². The van der Waals surface area contributed by atoms with Gasteiger partial charge in [0.15, 0.2) is 5.96 Å². The van der Waals surface area contributed by atoms with Crippen molar-refractivity contribution in [3.05, 3.63) is 29.8 Å². The molecule has 0 radical (unpaired) electrons. The molecule has 0 spiro atoms. The number of nitrogens with one attached hydrogen (secondary N) is 2. The first-order valence-corrected chi connectivity index (χ1v) is 9.76. The largest absolute Gasteiger partial charge is 0.355 e. The van der Waals surface area contributed by atoms with Gasteiger partial charge in [-0.05, 0) is 42.7 Å². The van der Waals surface area contributed by atoms with Gasteiger partial charge in [-0.25, -0.2) is 0 Å². The molecule has 2 aliphatic heterocycles. The Balaban J connectivity index is 0.00000225. The quantitative estimate of drug-likeness (QED) is 0.392. The SMILES string of the molecule is CN=C(NCc1ccc(N2CCCC2=O)cc1)NCC1CCCS1.I. The van der Waals surface area contributed by atoms with Crippen LogP contribution in [0.15, 0.2) is 29.3 Å². The Morgan fingerprint density at radius 2 is 2.08 bits per heavy atom. The maximum absolute atomic E-state index is 11.8. The number of thioether (sulfide) groups is 1. The van der Waals surface area contributed by atoms with Crippen LogP contribution in [0.1, 0.15) is 31.2 Å². The molecule has 1 aromatic carbocycles. The van der Waals surface area contributed by atoms with Crippen LogP contribution in [0, 0.1) is 0 Å². The molecule has 1 amide bonds. The summed E-state index contributed by atoms with van der Waals surface area (Å²) in [5, 5.41) is 7.47. The second-order valence-corrected chi connectivity index (χ2v) is 7.67. The highest BCUT2D eigenvalue weighted by atomic mass is 127. The molecule has 2 aliphatic rings. The Morgan fingerprint density at radius 3 is 2.68 bits per heavy atom. The van der Waals surface area contributed by atoms with Crippen molar-refractivity contribution < 1.29 is 4.79 Å². The van der Waals surface area contributed by atoms with Gasteiger partial charge in [-0.2, -0.15) is 11.8 Å². The van der Waals surface area contributed by atoms with Crippen molar-refractivity contribution in [1.82, 2.24) is 10.6 Å². The number of carbonyl (C=O) groups is 1. The monoisotopic (exact) mass is 474 g/mol. The lowest BCUT2D eigenvalue weighted by Crippen LogP contribution is -2.39. The van der Waals surface area contributed by atoms with E-state index in [4.69, 9.17) is 0 Å². The van der Waals surface area contributed by atoms with Gasteiger partial charge in [0.05, 0.1) is 0 Å². The lowest BCUT2D eigenvalue weighted by Gasteiger charge is -2.17. The van der Waals surface area contributed by atoms with Crippen molar-refractivity contribution in [2.24, 2.45) is 4.99 Å². The van der Waals surface area contributed by atoms with E-state index in [1.807, 2.05) is 28.8 Å². The first-order chi connectivity index (χ1) is 11.8. The fourth-order valence-electron chi connectivity index (χ4n) is 3.14. The number of halogens is 1. The molecule has 1 atom stereocenters. The second kappa shape index (κ2) is 10.3. The fourth-order valence-corrected chi connectivity index (χ4v) is 4.34. The number of benzene rings is 1. The van der Waals surface area contributed by atoms with Gasteiger partial charge in [0.2, 0.25) is 5.91 Å². The fraction of sp³-hybridized carbons (Fsp3) is 0.556. The van der Waals surface area contributed by atoms with Gasteiger partial charge in [0.1, 0.15) is 0 Å². The highest BCUT2D eigenvalue weighted by Gasteiger charge is 2.21. The number of aliphatic imine (C=N–C) groups is 1. The van der Waals surface area contributed by atoms with Crippen LogP contribution < -0.4 is 15.5 Å². The summed E-state index contributed by atoms with van der Waals surface area (Å²) in [4.78, 5) is 17.9. The highest BCUT2D eigenvalue weighted by molar-refractivity contribution is 14.0. The number of guanidine groups is 1. The summed E-state index contributed by atoms with van der Waals surface area (Å²) in [6.07, 6.45) is 4.26. The number of amides is 1. The predicted octanol–water partition coefficient (Wildman–Crippen LogP) is 2.99.